The molecule has 0 radical (unpaired) electrons. The molecule has 1 aromatic carbocycles. The maximum absolute atomic E-state index is 9.64. The van der Waals surface area contributed by atoms with Gasteiger partial charge < -0.3 is 20.3 Å². The van der Waals surface area contributed by atoms with Crippen LogP contribution in [0.5, 0.6) is 5.75 Å². The van der Waals surface area contributed by atoms with Crippen LogP contribution in [0.15, 0.2) is 18.2 Å². The normalized spacial score (nSPS) is 14.5. The summed E-state index contributed by atoms with van der Waals surface area (Å²) in [6.45, 7) is 4.86. The summed E-state index contributed by atoms with van der Waals surface area (Å²) in [5.74, 6) is -0.681. The van der Waals surface area contributed by atoms with E-state index in [1.54, 1.807) is 0 Å². The Morgan fingerprint density at radius 1 is 1.19 bits per heavy atom. The predicted octanol–water partition coefficient (Wildman–Crippen LogP) is 2.36. The Hall–Kier alpha value is -2.61. The largest absolute Gasteiger partial charge is 0.492 e. The molecule has 3 rings (SSSR count). The summed E-state index contributed by atoms with van der Waals surface area (Å²) in [7, 11) is 0. The number of aromatic amines is 1. The van der Waals surface area contributed by atoms with Gasteiger partial charge in [0, 0.05) is 11.3 Å². The van der Waals surface area contributed by atoms with Crippen LogP contribution in [-0.4, -0.2) is 52.0 Å². The van der Waals surface area contributed by atoms with Crippen LogP contribution in [0, 0.1) is 0 Å². The van der Waals surface area contributed by atoms with Gasteiger partial charge in [-0.1, -0.05) is 12.1 Å². The number of piperidine rings is 1. The first-order valence-electron chi connectivity index (χ1n) is 8.77. The van der Waals surface area contributed by atoms with Crippen LogP contribution in [0.3, 0.4) is 0 Å². The highest BCUT2D eigenvalue weighted by Gasteiger charge is 2.21. The summed E-state index contributed by atoms with van der Waals surface area (Å²) in [5.41, 5.74) is 2.24. The second-order valence-electron chi connectivity index (χ2n) is 6.03. The molecule has 0 unspecified atom stereocenters. The highest BCUT2D eigenvalue weighted by molar-refractivity contribution is 5.87. The van der Waals surface area contributed by atoms with E-state index in [0.717, 1.165) is 24.4 Å². The van der Waals surface area contributed by atoms with Crippen LogP contribution in [0.25, 0.3) is 10.9 Å². The minimum atomic E-state index is -1.08. The Morgan fingerprint density at radius 2 is 1.85 bits per heavy atom. The molecule has 1 aromatic heterocycles. The van der Waals surface area contributed by atoms with Gasteiger partial charge in [-0.05, 0) is 38.9 Å². The Kier molecular flexibility index (Phi) is 7.40. The first-order valence-corrected chi connectivity index (χ1v) is 8.77. The van der Waals surface area contributed by atoms with Crippen molar-refractivity contribution >= 4 is 22.8 Å². The van der Waals surface area contributed by atoms with E-state index < -0.39 is 11.9 Å². The van der Waals surface area contributed by atoms with Crippen molar-refractivity contribution in [2.24, 2.45) is 0 Å². The molecule has 2 heterocycles. The molecular weight excluding hydrogens is 338 g/mol. The molecule has 0 saturated carbocycles. The number of aliphatic carboxylic acids is 2. The molecule has 8 nitrogen and oxygen atoms in total. The maximum atomic E-state index is 9.64. The first kappa shape index (κ1) is 19.7. The Morgan fingerprint density at radius 3 is 2.42 bits per heavy atom. The number of H-pyrrole nitrogens is 1. The number of aromatic nitrogens is 2. The van der Waals surface area contributed by atoms with Gasteiger partial charge in [-0.2, -0.15) is 5.10 Å². The lowest BCUT2D eigenvalue weighted by molar-refractivity contribution is -0.143. The number of benzene rings is 1. The standard InChI is InChI=1S/C14H19N3O.C4H6O4/c1-2-18-12-5-3-4-11-13(16-17-14(11)12)10-6-8-15-9-7-10;5-3(6)1-2-4(7)8/h3-5,10,15H,2,6-9H2,1H3,(H,16,17);1-2H2,(H,5,6)(H,7,8). The predicted molar refractivity (Wildman–Crippen MR) is 96.6 cm³/mol. The summed E-state index contributed by atoms with van der Waals surface area (Å²) < 4.78 is 5.64. The van der Waals surface area contributed by atoms with Gasteiger partial charge in [0.15, 0.2) is 0 Å². The van der Waals surface area contributed by atoms with Crippen LogP contribution in [0.2, 0.25) is 0 Å². The number of carboxylic acid groups (broad SMARTS) is 2. The molecule has 1 saturated heterocycles. The number of nitrogens with one attached hydrogen (secondary N) is 2. The molecule has 1 aliphatic rings. The number of para-hydroxylation sites is 1. The zero-order valence-electron chi connectivity index (χ0n) is 14.8. The fourth-order valence-corrected chi connectivity index (χ4v) is 2.93. The van der Waals surface area contributed by atoms with Crippen LogP contribution < -0.4 is 10.1 Å². The van der Waals surface area contributed by atoms with Crippen molar-refractivity contribution in [1.29, 1.82) is 0 Å². The molecule has 26 heavy (non-hydrogen) atoms. The maximum Gasteiger partial charge on any atom is 0.303 e. The number of hydrogen-bond acceptors (Lipinski definition) is 5. The molecule has 0 amide bonds. The number of rotatable bonds is 6. The molecule has 142 valence electrons. The van der Waals surface area contributed by atoms with Crippen molar-refractivity contribution in [2.45, 2.75) is 38.5 Å². The lowest BCUT2D eigenvalue weighted by Gasteiger charge is -2.21. The summed E-state index contributed by atoms with van der Waals surface area (Å²) in [4.78, 5) is 19.3. The SMILES string of the molecule is CCOc1cccc2c(C3CCNCC3)n[nH]c12.O=C(O)CCC(=O)O. The van der Waals surface area contributed by atoms with Crippen LogP contribution in [-0.2, 0) is 9.59 Å². The highest BCUT2D eigenvalue weighted by Crippen LogP contribution is 2.33. The number of ether oxygens (including phenoxy) is 1. The second-order valence-corrected chi connectivity index (χ2v) is 6.03. The number of carbonyl (C=O) groups is 2. The highest BCUT2D eigenvalue weighted by atomic mass is 16.5. The van der Waals surface area contributed by atoms with E-state index in [1.165, 1.54) is 23.9 Å². The summed E-state index contributed by atoms with van der Waals surface area (Å²) in [6.07, 6.45) is 1.74. The van der Waals surface area contributed by atoms with Crippen molar-refractivity contribution in [1.82, 2.24) is 15.5 Å². The molecule has 0 aliphatic carbocycles. The summed E-state index contributed by atoms with van der Waals surface area (Å²) >= 11 is 0. The molecule has 1 fully saturated rings. The number of fused-ring (bicyclic) bond motifs is 1. The van der Waals surface area contributed by atoms with E-state index in [4.69, 9.17) is 14.9 Å². The van der Waals surface area contributed by atoms with Gasteiger partial charge in [0.2, 0.25) is 0 Å². The van der Waals surface area contributed by atoms with Crippen LogP contribution in [0.4, 0.5) is 0 Å². The minimum Gasteiger partial charge on any atom is -0.492 e. The fraction of sp³-hybridized carbons (Fsp3) is 0.500. The van der Waals surface area contributed by atoms with Crippen molar-refractivity contribution in [3.8, 4) is 5.75 Å². The molecule has 0 atom stereocenters. The zero-order chi connectivity index (χ0) is 18.9. The van der Waals surface area contributed by atoms with Crippen LogP contribution >= 0.6 is 0 Å². The van der Waals surface area contributed by atoms with Gasteiger partial charge >= 0.3 is 11.9 Å². The quantitative estimate of drug-likeness (QED) is 0.621. The van der Waals surface area contributed by atoms with Crippen molar-refractivity contribution < 1.29 is 24.5 Å². The number of hydrogen-bond donors (Lipinski definition) is 4. The lowest BCUT2D eigenvalue weighted by atomic mass is 9.92. The molecule has 4 N–H and O–H groups in total. The average molecular weight is 363 g/mol. The molecule has 2 aromatic rings. The summed E-state index contributed by atoms with van der Waals surface area (Å²) in [6, 6.07) is 6.18. The fourth-order valence-electron chi connectivity index (χ4n) is 2.93. The van der Waals surface area contributed by atoms with Crippen LogP contribution in [0.1, 0.15) is 44.2 Å². The Balaban J connectivity index is 0.000000260. The minimum absolute atomic E-state index is 0.296. The van der Waals surface area contributed by atoms with Gasteiger partial charge in [-0.3, -0.25) is 14.7 Å². The third kappa shape index (κ3) is 5.45. The molecule has 0 bridgehead atoms. The van der Waals surface area contributed by atoms with E-state index in [9.17, 15) is 9.59 Å². The third-order valence-electron chi connectivity index (χ3n) is 4.17. The zero-order valence-corrected chi connectivity index (χ0v) is 14.8. The number of carboxylic acids is 2. The van der Waals surface area contributed by atoms with Gasteiger partial charge in [0.05, 0.1) is 25.1 Å². The van der Waals surface area contributed by atoms with Gasteiger partial charge in [0.25, 0.3) is 0 Å². The summed E-state index contributed by atoms with van der Waals surface area (Å²) in [5, 5.41) is 28.1. The smallest absolute Gasteiger partial charge is 0.303 e. The Labute approximate surface area is 151 Å². The van der Waals surface area contributed by atoms with Gasteiger partial charge in [-0.15, -0.1) is 0 Å². The molecule has 8 heteroatoms. The topological polar surface area (TPSA) is 125 Å². The molecule has 0 spiro atoms. The first-order chi connectivity index (χ1) is 12.5. The van der Waals surface area contributed by atoms with E-state index in [1.807, 2.05) is 19.1 Å². The van der Waals surface area contributed by atoms with Gasteiger partial charge in [0.1, 0.15) is 11.3 Å². The van der Waals surface area contributed by atoms with E-state index in [2.05, 4.69) is 21.6 Å². The van der Waals surface area contributed by atoms with Crippen molar-refractivity contribution in [3.05, 3.63) is 23.9 Å². The lowest BCUT2D eigenvalue weighted by Crippen LogP contribution is -2.26. The Bertz CT molecular complexity index is 724. The van der Waals surface area contributed by atoms with Crippen molar-refractivity contribution in [2.75, 3.05) is 19.7 Å². The van der Waals surface area contributed by atoms with E-state index >= 15 is 0 Å². The molecule has 1 aliphatic heterocycles. The van der Waals surface area contributed by atoms with Gasteiger partial charge in [-0.25, -0.2) is 0 Å². The van der Waals surface area contributed by atoms with E-state index in [-0.39, 0.29) is 12.8 Å². The second kappa shape index (κ2) is 9.76. The monoisotopic (exact) mass is 363 g/mol. The molecular formula is C18H25N3O5. The third-order valence-corrected chi connectivity index (χ3v) is 4.17. The van der Waals surface area contributed by atoms with Crippen molar-refractivity contribution in [3.63, 3.8) is 0 Å². The average Bonchev–Trinajstić information content (AvgIpc) is 3.07. The van der Waals surface area contributed by atoms with E-state index in [0.29, 0.717) is 12.5 Å². The number of nitrogens with zero attached hydrogens (tertiary/aromatic N) is 1.